The minimum Gasteiger partial charge on any atom is -0.354 e. The summed E-state index contributed by atoms with van der Waals surface area (Å²) < 4.78 is 27.7. The van der Waals surface area contributed by atoms with Crippen molar-refractivity contribution in [3.8, 4) is 6.07 Å². The lowest BCUT2D eigenvalue weighted by Crippen LogP contribution is -2.45. The van der Waals surface area contributed by atoms with Crippen molar-refractivity contribution < 1.29 is 13.2 Å². The third-order valence-corrected chi connectivity index (χ3v) is 8.91. The largest absolute Gasteiger partial charge is 0.354 e. The number of anilines is 1. The number of carbonyl (C=O) groups is 1. The summed E-state index contributed by atoms with van der Waals surface area (Å²) in [5.74, 6) is 0.953. The second-order valence-electron chi connectivity index (χ2n) is 9.55. The van der Waals surface area contributed by atoms with E-state index in [1.165, 1.54) is 4.31 Å². The Balaban J connectivity index is 1.34. The molecule has 0 unspecified atom stereocenters. The molecule has 0 spiro atoms. The predicted octanol–water partition coefficient (Wildman–Crippen LogP) is 3.22. The molecular weight excluding hydrogens is 462 g/mol. The minimum atomic E-state index is -3.56. The molecule has 1 aromatic heterocycles. The monoisotopic (exact) mass is 495 g/mol. The minimum absolute atomic E-state index is 0.103. The fraction of sp³-hybridized carbons (Fsp3) is 0.500. The number of nitrogens with zero attached hydrogens (tertiary/aromatic N) is 5. The maximum Gasteiger partial charge on any atom is 0.243 e. The number of sulfonamides is 1. The molecule has 2 saturated heterocycles. The molecule has 0 saturated carbocycles. The first-order valence-electron chi connectivity index (χ1n) is 12.3. The summed E-state index contributed by atoms with van der Waals surface area (Å²) in [6.07, 6.45) is 3.54. The van der Waals surface area contributed by atoms with Gasteiger partial charge in [0.2, 0.25) is 15.9 Å². The number of piperidine rings is 1. The number of carbonyl (C=O) groups excluding carboxylic acids is 1. The van der Waals surface area contributed by atoms with Gasteiger partial charge < -0.3 is 9.80 Å². The molecule has 4 rings (SSSR count). The van der Waals surface area contributed by atoms with E-state index in [0.29, 0.717) is 67.8 Å². The lowest BCUT2D eigenvalue weighted by Gasteiger charge is -2.33. The third kappa shape index (κ3) is 5.49. The van der Waals surface area contributed by atoms with Crippen LogP contribution in [0, 0.1) is 17.2 Å². The molecule has 8 nitrogen and oxygen atoms in total. The SMILES string of the molecule is CC(C)c1ccc(S(=O)(=O)N2CCC(C(=O)N3CCCN(c4ncccc4C#N)CC3)CC2)cc1. The fourth-order valence-corrected chi connectivity index (χ4v) is 6.33. The quantitative estimate of drug-likeness (QED) is 0.632. The Labute approximate surface area is 208 Å². The van der Waals surface area contributed by atoms with Gasteiger partial charge >= 0.3 is 0 Å². The standard InChI is InChI=1S/C26H33N5O3S/c1-20(2)21-6-8-24(9-7-21)35(33,34)31-15-10-22(11-16-31)26(32)30-14-4-13-29(17-18-30)25-23(19-27)5-3-12-28-25/h3,5-9,12,20,22H,4,10-11,13-18H2,1-2H3. The van der Waals surface area contributed by atoms with Crippen molar-refractivity contribution in [2.75, 3.05) is 44.2 Å². The van der Waals surface area contributed by atoms with Crippen LogP contribution >= 0.6 is 0 Å². The maximum absolute atomic E-state index is 13.3. The summed E-state index contributed by atoms with van der Waals surface area (Å²) in [6, 6.07) is 12.8. The molecule has 35 heavy (non-hydrogen) atoms. The summed E-state index contributed by atoms with van der Waals surface area (Å²) in [5.41, 5.74) is 1.65. The van der Waals surface area contributed by atoms with Crippen molar-refractivity contribution in [2.24, 2.45) is 5.92 Å². The van der Waals surface area contributed by atoms with Crippen molar-refractivity contribution in [3.05, 3.63) is 53.7 Å². The summed E-state index contributed by atoms with van der Waals surface area (Å²) in [5, 5.41) is 9.39. The van der Waals surface area contributed by atoms with Crippen molar-refractivity contribution in [3.63, 3.8) is 0 Å². The van der Waals surface area contributed by atoms with E-state index in [2.05, 4.69) is 29.8 Å². The van der Waals surface area contributed by atoms with E-state index in [1.54, 1.807) is 30.5 Å². The number of benzene rings is 1. The van der Waals surface area contributed by atoms with Gasteiger partial charge in [-0.1, -0.05) is 26.0 Å². The van der Waals surface area contributed by atoms with Crippen LogP contribution in [0.3, 0.4) is 0 Å². The highest BCUT2D eigenvalue weighted by molar-refractivity contribution is 7.89. The first-order valence-corrected chi connectivity index (χ1v) is 13.7. The van der Waals surface area contributed by atoms with E-state index in [4.69, 9.17) is 0 Å². The molecule has 1 aromatic carbocycles. The summed E-state index contributed by atoms with van der Waals surface area (Å²) >= 11 is 0. The van der Waals surface area contributed by atoms with Crippen LogP contribution in [0.4, 0.5) is 5.82 Å². The number of rotatable bonds is 5. The molecule has 186 valence electrons. The Morgan fingerprint density at radius 3 is 2.40 bits per heavy atom. The highest BCUT2D eigenvalue weighted by Gasteiger charge is 2.34. The van der Waals surface area contributed by atoms with Crippen molar-refractivity contribution >= 4 is 21.7 Å². The Kier molecular flexibility index (Phi) is 7.72. The molecule has 9 heteroatoms. The van der Waals surface area contributed by atoms with Gasteiger partial charge in [-0.2, -0.15) is 9.57 Å². The van der Waals surface area contributed by atoms with Crippen molar-refractivity contribution in [1.82, 2.24) is 14.2 Å². The molecule has 2 aromatic rings. The van der Waals surface area contributed by atoms with Gasteiger partial charge in [0.15, 0.2) is 0 Å². The molecule has 0 radical (unpaired) electrons. The van der Waals surface area contributed by atoms with Gasteiger partial charge in [0.25, 0.3) is 0 Å². The van der Waals surface area contributed by atoms with Gasteiger partial charge in [-0.25, -0.2) is 13.4 Å². The van der Waals surface area contributed by atoms with Gasteiger partial charge in [-0.15, -0.1) is 0 Å². The van der Waals surface area contributed by atoms with Crippen LogP contribution in [0.2, 0.25) is 0 Å². The van der Waals surface area contributed by atoms with Crippen LogP contribution in [0.25, 0.3) is 0 Å². The molecular formula is C26H33N5O3S. The van der Waals surface area contributed by atoms with Gasteiger partial charge in [-0.05, 0) is 55.0 Å². The molecule has 0 atom stereocenters. The molecule has 2 aliphatic rings. The highest BCUT2D eigenvalue weighted by Crippen LogP contribution is 2.27. The zero-order valence-corrected chi connectivity index (χ0v) is 21.2. The lowest BCUT2D eigenvalue weighted by atomic mass is 9.96. The lowest BCUT2D eigenvalue weighted by molar-refractivity contribution is -0.136. The second kappa shape index (κ2) is 10.8. The van der Waals surface area contributed by atoms with E-state index in [-0.39, 0.29) is 11.8 Å². The van der Waals surface area contributed by atoms with Crippen LogP contribution in [-0.2, 0) is 14.8 Å². The first-order chi connectivity index (χ1) is 16.8. The van der Waals surface area contributed by atoms with E-state index >= 15 is 0 Å². The average molecular weight is 496 g/mol. The molecule has 0 aliphatic carbocycles. The van der Waals surface area contributed by atoms with Crippen LogP contribution in [0.15, 0.2) is 47.5 Å². The Hall–Kier alpha value is -2.96. The van der Waals surface area contributed by atoms with Gasteiger partial charge in [0.05, 0.1) is 10.5 Å². The highest BCUT2D eigenvalue weighted by atomic mass is 32.2. The summed E-state index contributed by atoms with van der Waals surface area (Å²) in [7, 11) is -3.56. The number of pyridine rings is 1. The van der Waals surface area contributed by atoms with E-state index in [0.717, 1.165) is 18.5 Å². The third-order valence-electron chi connectivity index (χ3n) is 7.00. The van der Waals surface area contributed by atoms with Crippen LogP contribution in [0.5, 0.6) is 0 Å². The van der Waals surface area contributed by atoms with Crippen molar-refractivity contribution in [1.29, 1.82) is 5.26 Å². The maximum atomic E-state index is 13.3. The number of hydrogen-bond donors (Lipinski definition) is 0. The number of amides is 1. The Morgan fingerprint density at radius 1 is 1.03 bits per heavy atom. The Morgan fingerprint density at radius 2 is 1.74 bits per heavy atom. The molecule has 2 fully saturated rings. The zero-order valence-electron chi connectivity index (χ0n) is 20.4. The summed E-state index contributed by atoms with van der Waals surface area (Å²) in [6.45, 7) is 7.45. The fourth-order valence-electron chi connectivity index (χ4n) is 4.86. The van der Waals surface area contributed by atoms with Crippen molar-refractivity contribution in [2.45, 2.75) is 43.9 Å². The first kappa shape index (κ1) is 25.1. The molecule has 0 N–H and O–H groups in total. The second-order valence-corrected chi connectivity index (χ2v) is 11.5. The van der Waals surface area contributed by atoms with Crippen LogP contribution in [-0.4, -0.2) is 67.8 Å². The molecule has 2 aliphatic heterocycles. The molecule has 0 bridgehead atoms. The van der Waals surface area contributed by atoms with Gasteiger partial charge in [0, 0.05) is 51.4 Å². The van der Waals surface area contributed by atoms with E-state index in [9.17, 15) is 18.5 Å². The summed E-state index contributed by atoms with van der Waals surface area (Å²) in [4.78, 5) is 21.9. The molecule has 3 heterocycles. The average Bonchev–Trinajstić information content (AvgIpc) is 3.14. The number of hydrogen-bond acceptors (Lipinski definition) is 6. The normalized spacial score (nSPS) is 18.3. The topological polar surface area (TPSA) is 97.6 Å². The van der Waals surface area contributed by atoms with Gasteiger partial charge in [-0.3, -0.25) is 4.79 Å². The van der Waals surface area contributed by atoms with E-state index in [1.807, 2.05) is 17.0 Å². The zero-order chi connectivity index (χ0) is 25.0. The van der Waals surface area contributed by atoms with Crippen LogP contribution in [0.1, 0.15) is 50.2 Å². The Bertz CT molecular complexity index is 1180. The predicted molar refractivity (Wildman–Crippen MR) is 134 cm³/mol. The van der Waals surface area contributed by atoms with E-state index < -0.39 is 10.0 Å². The number of nitriles is 1. The van der Waals surface area contributed by atoms with Crippen LogP contribution < -0.4 is 4.90 Å². The molecule has 1 amide bonds. The number of aromatic nitrogens is 1. The van der Waals surface area contributed by atoms with Gasteiger partial charge in [0.1, 0.15) is 11.9 Å². The smallest absolute Gasteiger partial charge is 0.243 e.